The zero-order chi connectivity index (χ0) is 14.4. The fraction of sp³-hybridized carbons (Fsp3) is 0.286. The van der Waals surface area contributed by atoms with Gasteiger partial charge in [-0.1, -0.05) is 15.9 Å². The third-order valence-electron chi connectivity index (χ3n) is 2.78. The standard InChI is InChI=1S/C14H16BrFN4/c15-11-1-2-12(16)10(9-11)4-7-18-14-5-8-19-13(20-14)3-6-17/h1-2,5,8-9H,3-4,6-7,17H2,(H,18,19,20). The number of benzene rings is 1. The molecule has 0 amide bonds. The molecule has 20 heavy (non-hydrogen) atoms. The first-order valence-electron chi connectivity index (χ1n) is 6.39. The second-order valence-electron chi connectivity index (χ2n) is 4.31. The van der Waals surface area contributed by atoms with Gasteiger partial charge in [0.25, 0.3) is 0 Å². The minimum absolute atomic E-state index is 0.193. The first-order valence-corrected chi connectivity index (χ1v) is 7.18. The van der Waals surface area contributed by atoms with Crippen molar-refractivity contribution in [2.75, 3.05) is 18.4 Å². The van der Waals surface area contributed by atoms with Crippen molar-refractivity contribution in [3.63, 3.8) is 0 Å². The maximum Gasteiger partial charge on any atom is 0.131 e. The summed E-state index contributed by atoms with van der Waals surface area (Å²) >= 11 is 3.34. The van der Waals surface area contributed by atoms with E-state index in [4.69, 9.17) is 5.73 Å². The van der Waals surface area contributed by atoms with Crippen LogP contribution in [0.3, 0.4) is 0 Å². The Morgan fingerprint density at radius 1 is 1.25 bits per heavy atom. The number of nitrogens with zero attached hydrogens (tertiary/aromatic N) is 2. The Morgan fingerprint density at radius 3 is 2.90 bits per heavy atom. The summed E-state index contributed by atoms with van der Waals surface area (Å²) in [5.74, 6) is 1.26. The number of nitrogens with two attached hydrogens (primary N) is 1. The maximum atomic E-state index is 13.6. The van der Waals surface area contributed by atoms with E-state index >= 15 is 0 Å². The van der Waals surface area contributed by atoms with Gasteiger partial charge in [-0.25, -0.2) is 14.4 Å². The van der Waals surface area contributed by atoms with E-state index in [1.807, 2.05) is 0 Å². The van der Waals surface area contributed by atoms with Gasteiger partial charge in [-0.15, -0.1) is 0 Å². The summed E-state index contributed by atoms with van der Waals surface area (Å²) in [6.07, 6.45) is 2.93. The van der Waals surface area contributed by atoms with Crippen LogP contribution in [-0.4, -0.2) is 23.1 Å². The number of nitrogens with one attached hydrogen (secondary N) is 1. The molecule has 2 aromatic rings. The quantitative estimate of drug-likeness (QED) is 0.849. The van der Waals surface area contributed by atoms with Gasteiger partial charge in [0.1, 0.15) is 17.5 Å². The third-order valence-corrected chi connectivity index (χ3v) is 3.27. The summed E-state index contributed by atoms with van der Waals surface area (Å²) in [6.45, 7) is 1.12. The van der Waals surface area contributed by atoms with Crippen molar-refractivity contribution in [2.45, 2.75) is 12.8 Å². The Labute approximate surface area is 125 Å². The fourth-order valence-corrected chi connectivity index (χ4v) is 2.22. The summed E-state index contributed by atoms with van der Waals surface area (Å²) in [5.41, 5.74) is 6.14. The van der Waals surface area contributed by atoms with Crippen LogP contribution < -0.4 is 11.1 Å². The van der Waals surface area contributed by atoms with E-state index in [0.29, 0.717) is 37.3 Å². The lowest BCUT2D eigenvalue weighted by Gasteiger charge is -2.08. The van der Waals surface area contributed by atoms with Crippen molar-refractivity contribution in [3.8, 4) is 0 Å². The number of hydrogen-bond acceptors (Lipinski definition) is 4. The van der Waals surface area contributed by atoms with Crippen LogP contribution >= 0.6 is 15.9 Å². The molecule has 0 aliphatic heterocycles. The molecule has 1 heterocycles. The average Bonchev–Trinajstić information content (AvgIpc) is 2.43. The number of anilines is 1. The number of rotatable bonds is 6. The zero-order valence-electron chi connectivity index (χ0n) is 10.9. The average molecular weight is 339 g/mol. The lowest BCUT2D eigenvalue weighted by atomic mass is 10.1. The van der Waals surface area contributed by atoms with E-state index in [-0.39, 0.29) is 5.82 Å². The van der Waals surface area contributed by atoms with Gasteiger partial charge in [-0.2, -0.15) is 0 Å². The van der Waals surface area contributed by atoms with Gasteiger partial charge in [0.2, 0.25) is 0 Å². The first kappa shape index (κ1) is 14.9. The van der Waals surface area contributed by atoms with Gasteiger partial charge in [-0.05, 0) is 42.8 Å². The van der Waals surface area contributed by atoms with Crippen LogP contribution in [0.25, 0.3) is 0 Å². The second-order valence-corrected chi connectivity index (χ2v) is 5.22. The van der Waals surface area contributed by atoms with Crippen molar-refractivity contribution >= 4 is 21.7 Å². The van der Waals surface area contributed by atoms with Gasteiger partial charge in [0.05, 0.1) is 0 Å². The Bertz CT molecular complexity index is 577. The smallest absolute Gasteiger partial charge is 0.131 e. The Hall–Kier alpha value is -1.53. The van der Waals surface area contributed by atoms with Gasteiger partial charge in [0.15, 0.2) is 0 Å². The van der Waals surface area contributed by atoms with Crippen LogP contribution in [0.4, 0.5) is 10.2 Å². The highest BCUT2D eigenvalue weighted by atomic mass is 79.9. The molecule has 0 bridgehead atoms. The normalized spacial score (nSPS) is 10.6. The minimum Gasteiger partial charge on any atom is -0.370 e. The molecular weight excluding hydrogens is 323 g/mol. The van der Waals surface area contributed by atoms with Crippen LogP contribution in [0.2, 0.25) is 0 Å². The summed E-state index contributed by atoms with van der Waals surface area (Å²) in [6, 6.07) is 6.73. The summed E-state index contributed by atoms with van der Waals surface area (Å²) in [4.78, 5) is 8.45. The van der Waals surface area contributed by atoms with E-state index in [1.54, 1.807) is 24.4 Å². The molecule has 0 fully saturated rings. The molecule has 2 rings (SSSR count). The second kappa shape index (κ2) is 7.31. The van der Waals surface area contributed by atoms with Crippen molar-refractivity contribution in [3.05, 3.63) is 52.1 Å². The molecule has 0 aliphatic rings. The van der Waals surface area contributed by atoms with E-state index in [0.717, 1.165) is 10.3 Å². The van der Waals surface area contributed by atoms with Crippen LogP contribution in [0.5, 0.6) is 0 Å². The monoisotopic (exact) mass is 338 g/mol. The maximum absolute atomic E-state index is 13.6. The van der Waals surface area contributed by atoms with Crippen LogP contribution in [-0.2, 0) is 12.8 Å². The molecule has 0 unspecified atom stereocenters. The SMILES string of the molecule is NCCc1nccc(NCCc2cc(Br)ccc2F)n1. The third kappa shape index (κ3) is 4.25. The molecule has 1 aromatic heterocycles. The van der Waals surface area contributed by atoms with Crippen molar-refractivity contribution in [1.82, 2.24) is 9.97 Å². The molecule has 106 valence electrons. The first-order chi connectivity index (χ1) is 9.69. The van der Waals surface area contributed by atoms with Gasteiger partial charge < -0.3 is 11.1 Å². The zero-order valence-corrected chi connectivity index (χ0v) is 12.5. The Kier molecular flexibility index (Phi) is 5.43. The highest BCUT2D eigenvalue weighted by Gasteiger charge is 2.03. The predicted molar refractivity (Wildman–Crippen MR) is 81.1 cm³/mol. The van der Waals surface area contributed by atoms with E-state index in [9.17, 15) is 4.39 Å². The molecule has 0 saturated heterocycles. The molecular formula is C14H16BrFN4. The van der Waals surface area contributed by atoms with Crippen molar-refractivity contribution in [2.24, 2.45) is 5.73 Å². The summed E-state index contributed by atoms with van der Waals surface area (Å²) in [7, 11) is 0. The van der Waals surface area contributed by atoms with E-state index in [1.165, 1.54) is 6.07 Å². The van der Waals surface area contributed by atoms with Crippen LogP contribution in [0.1, 0.15) is 11.4 Å². The molecule has 0 radical (unpaired) electrons. The lowest BCUT2D eigenvalue weighted by molar-refractivity contribution is 0.610. The molecule has 4 nitrogen and oxygen atoms in total. The molecule has 3 N–H and O–H groups in total. The largest absolute Gasteiger partial charge is 0.370 e. The van der Waals surface area contributed by atoms with Crippen LogP contribution in [0.15, 0.2) is 34.9 Å². The van der Waals surface area contributed by atoms with Crippen molar-refractivity contribution in [1.29, 1.82) is 0 Å². The molecule has 1 aromatic carbocycles. The van der Waals surface area contributed by atoms with Crippen LogP contribution in [0, 0.1) is 5.82 Å². The number of halogens is 2. The fourth-order valence-electron chi connectivity index (χ4n) is 1.81. The highest BCUT2D eigenvalue weighted by molar-refractivity contribution is 9.10. The molecule has 6 heteroatoms. The van der Waals surface area contributed by atoms with Gasteiger partial charge in [-0.3, -0.25) is 0 Å². The Morgan fingerprint density at radius 2 is 2.10 bits per heavy atom. The van der Waals surface area contributed by atoms with Gasteiger partial charge >= 0.3 is 0 Å². The predicted octanol–water partition coefficient (Wildman–Crippen LogP) is 2.53. The van der Waals surface area contributed by atoms with Crippen molar-refractivity contribution < 1.29 is 4.39 Å². The Balaban J connectivity index is 1.92. The lowest BCUT2D eigenvalue weighted by Crippen LogP contribution is -2.10. The molecule has 0 aliphatic carbocycles. The minimum atomic E-state index is -0.193. The number of hydrogen-bond donors (Lipinski definition) is 2. The molecule has 0 atom stereocenters. The summed E-state index contributed by atoms with van der Waals surface area (Å²) < 4.78 is 14.4. The summed E-state index contributed by atoms with van der Waals surface area (Å²) in [5, 5.41) is 3.16. The van der Waals surface area contributed by atoms with E-state index < -0.39 is 0 Å². The topological polar surface area (TPSA) is 63.8 Å². The van der Waals surface area contributed by atoms with E-state index in [2.05, 4.69) is 31.2 Å². The van der Waals surface area contributed by atoms with Gasteiger partial charge in [0, 0.05) is 23.6 Å². The molecule has 0 saturated carbocycles. The highest BCUT2D eigenvalue weighted by Crippen LogP contribution is 2.16. The number of aromatic nitrogens is 2. The molecule has 0 spiro atoms.